The van der Waals surface area contributed by atoms with Gasteiger partial charge in [0.15, 0.2) is 0 Å². The average molecular weight is 221 g/mol. The Bertz CT molecular complexity index is 448. The molecular weight excluding hydrogens is 206 g/mol. The van der Waals surface area contributed by atoms with Gasteiger partial charge in [0, 0.05) is 19.8 Å². The van der Waals surface area contributed by atoms with Crippen LogP contribution in [0.5, 0.6) is 0 Å². The molecule has 0 saturated carbocycles. The number of hydrogen-bond donors (Lipinski definition) is 1. The van der Waals surface area contributed by atoms with Crippen molar-refractivity contribution in [1.29, 1.82) is 0 Å². The molecule has 2 aromatic heterocycles. The topological polar surface area (TPSA) is 68.8 Å². The van der Waals surface area contributed by atoms with E-state index in [1.807, 2.05) is 26.4 Å². The Hall–Kier alpha value is -1.69. The van der Waals surface area contributed by atoms with Crippen LogP contribution in [0.4, 0.5) is 0 Å². The third-order valence-electron chi connectivity index (χ3n) is 2.39. The van der Waals surface area contributed by atoms with E-state index in [2.05, 4.69) is 25.4 Å². The Kier molecular flexibility index (Phi) is 3.31. The lowest BCUT2D eigenvalue weighted by molar-refractivity contribution is 0.300. The highest BCUT2D eigenvalue weighted by Gasteiger charge is 2.03. The normalized spacial score (nSPS) is 10.9. The summed E-state index contributed by atoms with van der Waals surface area (Å²) in [6.45, 7) is 3.46. The highest BCUT2D eigenvalue weighted by molar-refractivity contribution is 5.05. The fraction of sp³-hybridized carbons (Fsp3) is 0.500. The van der Waals surface area contributed by atoms with Crippen molar-refractivity contribution in [3.8, 4) is 0 Å². The summed E-state index contributed by atoms with van der Waals surface area (Å²) in [5, 5.41) is 14.9. The molecule has 0 atom stereocenters. The van der Waals surface area contributed by atoms with Crippen molar-refractivity contribution in [2.75, 3.05) is 6.54 Å². The lowest BCUT2D eigenvalue weighted by atomic mass is 10.2. The molecular formula is C10H15N5O. The van der Waals surface area contributed by atoms with Crippen molar-refractivity contribution in [3.63, 3.8) is 0 Å². The smallest absolute Gasteiger partial charge is 0.121 e. The first-order chi connectivity index (χ1) is 7.75. The second-order valence-electron chi connectivity index (χ2n) is 3.75. The largest absolute Gasteiger partial charge is 0.311 e. The van der Waals surface area contributed by atoms with Gasteiger partial charge in [-0.2, -0.15) is 5.10 Å². The molecule has 6 nitrogen and oxygen atoms in total. The highest BCUT2D eigenvalue weighted by atomic mass is 16.6. The van der Waals surface area contributed by atoms with E-state index in [1.165, 1.54) is 5.56 Å². The van der Waals surface area contributed by atoms with Crippen LogP contribution in [0.1, 0.15) is 17.0 Å². The molecule has 0 bridgehead atoms. The van der Waals surface area contributed by atoms with Gasteiger partial charge in [-0.3, -0.25) is 4.68 Å². The highest BCUT2D eigenvalue weighted by Crippen LogP contribution is 2.00. The zero-order chi connectivity index (χ0) is 11.4. The maximum atomic E-state index is 4.61. The zero-order valence-electron chi connectivity index (χ0n) is 9.47. The number of hydrogen-bond acceptors (Lipinski definition) is 5. The minimum atomic E-state index is 0.690. The van der Waals surface area contributed by atoms with Gasteiger partial charge in [-0.15, -0.1) is 0 Å². The van der Waals surface area contributed by atoms with Gasteiger partial charge in [0.2, 0.25) is 0 Å². The van der Waals surface area contributed by atoms with E-state index in [0.717, 1.165) is 24.4 Å². The fourth-order valence-electron chi connectivity index (χ4n) is 1.45. The molecule has 0 aliphatic rings. The monoisotopic (exact) mass is 221 g/mol. The fourth-order valence-corrected chi connectivity index (χ4v) is 1.45. The minimum absolute atomic E-state index is 0.690. The average Bonchev–Trinajstić information content (AvgIpc) is 2.83. The van der Waals surface area contributed by atoms with Crippen molar-refractivity contribution in [2.24, 2.45) is 7.05 Å². The Labute approximate surface area is 93.6 Å². The summed E-state index contributed by atoms with van der Waals surface area (Å²) < 4.78 is 6.42. The van der Waals surface area contributed by atoms with Crippen LogP contribution in [0.15, 0.2) is 17.0 Å². The van der Waals surface area contributed by atoms with Crippen molar-refractivity contribution >= 4 is 0 Å². The third-order valence-corrected chi connectivity index (χ3v) is 2.39. The van der Waals surface area contributed by atoms with Crippen LogP contribution in [0.25, 0.3) is 0 Å². The summed E-state index contributed by atoms with van der Waals surface area (Å²) in [5.41, 5.74) is 2.94. The summed E-state index contributed by atoms with van der Waals surface area (Å²) in [7, 11) is 1.92. The summed E-state index contributed by atoms with van der Waals surface area (Å²) in [5.74, 6) is 0. The van der Waals surface area contributed by atoms with Gasteiger partial charge < -0.3 is 5.32 Å². The van der Waals surface area contributed by atoms with Crippen LogP contribution in [0, 0.1) is 6.92 Å². The predicted octanol–water partition coefficient (Wildman–Crippen LogP) is 0.444. The summed E-state index contributed by atoms with van der Waals surface area (Å²) in [6.07, 6.45) is 4.85. The van der Waals surface area contributed by atoms with E-state index in [4.69, 9.17) is 0 Å². The number of nitrogens with zero attached hydrogens (tertiary/aromatic N) is 4. The third kappa shape index (κ3) is 2.66. The van der Waals surface area contributed by atoms with Crippen LogP contribution in [-0.4, -0.2) is 26.6 Å². The van der Waals surface area contributed by atoms with Gasteiger partial charge in [0.05, 0.1) is 6.20 Å². The van der Waals surface area contributed by atoms with E-state index in [1.54, 1.807) is 4.68 Å². The number of rotatable bonds is 5. The van der Waals surface area contributed by atoms with Crippen LogP contribution < -0.4 is 5.32 Å². The summed E-state index contributed by atoms with van der Waals surface area (Å²) in [4.78, 5) is 0. The predicted molar refractivity (Wildman–Crippen MR) is 57.7 cm³/mol. The molecule has 0 spiro atoms. The van der Waals surface area contributed by atoms with Gasteiger partial charge in [-0.25, -0.2) is 4.63 Å². The first kappa shape index (κ1) is 10.8. The van der Waals surface area contributed by atoms with Crippen LogP contribution in [-0.2, 0) is 20.0 Å². The Morgan fingerprint density at radius 2 is 2.31 bits per heavy atom. The number of aryl methyl sites for hydroxylation is 2. The van der Waals surface area contributed by atoms with Gasteiger partial charge in [0.25, 0.3) is 0 Å². The first-order valence-corrected chi connectivity index (χ1v) is 5.22. The zero-order valence-corrected chi connectivity index (χ0v) is 9.47. The van der Waals surface area contributed by atoms with E-state index in [9.17, 15) is 0 Å². The minimum Gasteiger partial charge on any atom is -0.311 e. The molecule has 2 aromatic rings. The van der Waals surface area contributed by atoms with E-state index in [-0.39, 0.29) is 0 Å². The molecule has 0 aliphatic heterocycles. The SMILES string of the molecule is Cc1nonc1CNCCc1cnn(C)c1. The van der Waals surface area contributed by atoms with Crippen LogP contribution in [0.3, 0.4) is 0 Å². The summed E-state index contributed by atoms with van der Waals surface area (Å²) >= 11 is 0. The molecule has 86 valence electrons. The summed E-state index contributed by atoms with van der Waals surface area (Å²) in [6, 6.07) is 0. The van der Waals surface area contributed by atoms with Gasteiger partial charge >= 0.3 is 0 Å². The second kappa shape index (κ2) is 4.89. The van der Waals surface area contributed by atoms with Crippen LogP contribution >= 0.6 is 0 Å². The lowest BCUT2D eigenvalue weighted by Gasteiger charge is -2.00. The molecule has 0 fully saturated rings. The molecule has 6 heteroatoms. The lowest BCUT2D eigenvalue weighted by Crippen LogP contribution is -2.17. The molecule has 0 saturated heterocycles. The molecule has 1 N–H and O–H groups in total. The van der Waals surface area contributed by atoms with E-state index >= 15 is 0 Å². The van der Waals surface area contributed by atoms with Crippen molar-refractivity contribution in [2.45, 2.75) is 19.9 Å². The van der Waals surface area contributed by atoms with Gasteiger partial charge in [-0.05, 0) is 25.5 Å². The maximum absolute atomic E-state index is 4.61. The van der Waals surface area contributed by atoms with Crippen LogP contribution in [0.2, 0.25) is 0 Å². The van der Waals surface area contributed by atoms with E-state index in [0.29, 0.717) is 6.54 Å². The van der Waals surface area contributed by atoms with Crippen molar-refractivity contribution in [3.05, 3.63) is 29.3 Å². The molecule has 0 aliphatic carbocycles. The first-order valence-electron chi connectivity index (χ1n) is 5.22. The van der Waals surface area contributed by atoms with Crippen molar-refractivity contribution in [1.82, 2.24) is 25.4 Å². The number of aromatic nitrogens is 4. The standard InChI is InChI=1S/C10H15N5O/c1-8-10(14-16-13-8)6-11-4-3-9-5-12-15(2)7-9/h5,7,11H,3-4,6H2,1-2H3. The Morgan fingerprint density at radius 1 is 1.44 bits per heavy atom. The van der Waals surface area contributed by atoms with Gasteiger partial charge in [-0.1, -0.05) is 10.3 Å². The molecule has 2 heterocycles. The van der Waals surface area contributed by atoms with Gasteiger partial charge in [0.1, 0.15) is 11.4 Å². The van der Waals surface area contributed by atoms with E-state index < -0.39 is 0 Å². The Morgan fingerprint density at radius 3 is 2.94 bits per heavy atom. The maximum Gasteiger partial charge on any atom is 0.121 e. The molecule has 16 heavy (non-hydrogen) atoms. The van der Waals surface area contributed by atoms with Crippen molar-refractivity contribution < 1.29 is 4.63 Å². The Balaban J connectivity index is 1.71. The molecule has 0 aromatic carbocycles. The quantitative estimate of drug-likeness (QED) is 0.742. The molecule has 2 rings (SSSR count). The molecule has 0 unspecified atom stereocenters. The molecule has 0 amide bonds. The number of nitrogens with one attached hydrogen (secondary N) is 1. The molecule has 0 radical (unpaired) electrons. The second-order valence-corrected chi connectivity index (χ2v) is 3.75.